The Hall–Kier alpha value is -1.22. The second kappa shape index (κ2) is 5.50. The molecule has 0 saturated heterocycles. The largest absolute Gasteiger partial charge is 0.465 e. The Bertz CT molecular complexity index is 297. The van der Waals surface area contributed by atoms with E-state index >= 15 is 0 Å². The number of halogens is 1. The number of nitrogens with one attached hydrogen (secondary N) is 1. The van der Waals surface area contributed by atoms with E-state index in [2.05, 4.69) is 5.32 Å². The Morgan fingerprint density at radius 2 is 1.86 bits per heavy atom. The fourth-order valence-corrected chi connectivity index (χ4v) is 1.29. The highest BCUT2D eigenvalue weighted by Crippen LogP contribution is 2.06. The Kier molecular flexibility index (Phi) is 4.26. The smallest absolute Gasteiger partial charge is 0.404 e. The highest BCUT2D eigenvalue weighted by Gasteiger charge is 1.96. The number of rotatable bonds is 4. The van der Waals surface area contributed by atoms with Gasteiger partial charge in [-0.2, -0.15) is 0 Å². The van der Waals surface area contributed by atoms with Crippen molar-refractivity contribution in [1.82, 2.24) is 5.32 Å². The monoisotopic (exact) mass is 213 g/mol. The van der Waals surface area contributed by atoms with Crippen LogP contribution in [0.3, 0.4) is 0 Å². The first-order valence-corrected chi connectivity index (χ1v) is 4.86. The Labute approximate surface area is 87.7 Å². The zero-order valence-corrected chi connectivity index (χ0v) is 8.42. The van der Waals surface area contributed by atoms with E-state index in [1.807, 2.05) is 24.3 Å². The van der Waals surface area contributed by atoms with Gasteiger partial charge in [0.25, 0.3) is 0 Å². The number of alkyl halides is 1. The van der Waals surface area contributed by atoms with Gasteiger partial charge in [-0.3, -0.25) is 0 Å². The van der Waals surface area contributed by atoms with Crippen molar-refractivity contribution in [2.75, 3.05) is 6.54 Å². The minimum absolute atomic E-state index is 0.440. The van der Waals surface area contributed by atoms with E-state index in [4.69, 9.17) is 16.7 Å². The van der Waals surface area contributed by atoms with E-state index in [9.17, 15) is 4.79 Å². The summed E-state index contributed by atoms with van der Waals surface area (Å²) in [6.45, 7) is 0.440. The van der Waals surface area contributed by atoms with Crippen LogP contribution in [0.1, 0.15) is 11.1 Å². The lowest BCUT2D eigenvalue weighted by molar-refractivity contribution is 0.194. The fourth-order valence-electron chi connectivity index (χ4n) is 1.11. The average Bonchev–Trinajstić information content (AvgIpc) is 2.18. The van der Waals surface area contributed by atoms with E-state index in [0.717, 1.165) is 11.1 Å². The molecule has 1 amide bonds. The van der Waals surface area contributed by atoms with Gasteiger partial charge in [0.05, 0.1) is 0 Å². The zero-order valence-electron chi connectivity index (χ0n) is 7.66. The first-order valence-electron chi connectivity index (χ1n) is 4.33. The van der Waals surface area contributed by atoms with E-state index in [0.29, 0.717) is 18.8 Å². The van der Waals surface area contributed by atoms with Crippen molar-refractivity contribution in [3.8, 4) is 0 Å². The molecular formula is C10H12ClNO2. The first kappa shape index (κ1) is 10.9. The molecule has 0 aliphatic carbocycles. The van der Waals surface area contributed by atoms with Crippen molar-refractivity contribution in [3.05, 3.63) is 35.4 Å². The number of benzene rings is 1. The lowest BCUT2D eigenvalue weighted by Gasteiger charge is -2.02. The zero-order chi connectivity index (χ0) is 10.4. The number of carbonyl (C=O) groups is 1. The average molecular weight is 214 g/mol. The standard InChI is InChI=1S/C10H12ClNO2/c11-7-9-3-1-8(2-4-9)5-6-12-10(13)14/h1-4,12H,5-7H2,(H,13,14). The summed E-state index contributed by atoms with van der Waals surface area (Å²) in [5.41, 5.74) is 2.18. The summed E-state index contributed by atoms with van der Waals surface area (Å²) in [5.74, 6) is 0.508. The lowest BCUT2D eigenvalue weighted by Crippen LogP contribution is -2.23. The van der Waals surface area contributed by atoms with Crippen molar-refractivity contribution in [3.63, 3.8) is 0 Å². The molecule has 14 heavy (non-hydrogen) atoms. The highest BCUT2D eigenvalue weighted by atomic mass is 35.5. The van der Waals surface area contributed by atoms with Crippen LogP contribution < -0.4 is 5.32 Å². The molecule has 0 radical (unpaired) electrons. The molecule has 3 nitrogen and oxygen atoms in total. The molecule has 0 aliphatic rings. The van der Waals surface area contributed by atoms with Crippen LogP contribution in [0.5, 0.6) is 0 Å². The van der Waals surface area contributed by atoms with Crippen LogP contribution in [0.2, 0.25) is 0 Å². The van der Waals surface area contributed by atoms with E-state index in [1.54, 1.807) is 0 Å². The molecular weight excluding hydrogens is 202 g/mol. The summed E-state index contributed by atoms with van der Waals surface area (Å²) in [6, 6.07) is 7.81. The van der Waals surface area contributed by atoms with E-state index in [1.165, 1.54) is 0 Å². The maximum absolute atomic E-state index is 10.2. The van der Waals surface area contributed by atoms with Gasteiger partial charge in [0, 0.05) is 12.4 Å². The van der Waals surface area contributed by atoms with Gasteiger partial charge in [-0.05, 0) is 17.5 Å². The first-order chi connectivity index (χ1) is 6.72. The molecule has 4 heteroatoms. The summed E-state index contributed by atoms with van der Waals surface area (Å²) in [4.78, 5) is 10.2. The second-order valence-electron chi connectivity index (χ2n) is 2.93. The number of hydrogen-bond acceptors (Lipinski definition) is 1. The van der Waals surface area contributed by atoms with Gasteiger partial charge in [0.15, 0.2) is 0 Å². The molecule has 1 rings (SSSR count). The summed E-state index contributed by atoms with van der Waals surface area (Å²) in [6.07, 6.45) is -0.281. The molecule has 0 spiro atoms. The highest BCUT2D eigenvalue weighted by molar-refractivity contribution is 6.17. The Morgan fingerprint density at radius 3 is 2.36 bits per heavy atom. The third-order valence-electron chi connectivity index (χ3n) is 1.87. The molecule has 0 aromatic heterocycles. The van der Waals surface area contributed by atoms with Crippen molar-refractivity contribution in [2.24, 2.45) is 0 Å². The molecule has 0 unspecified atom stereocenters. The Balaban J connectivity index is 2.40. The predicted octanol–water partition coefficient (Wildman–Crippen LogP) is 2.24. The quantitative estimate of drug-likeness (QED) is 0.754. The Morgan fingerprint density at radius 1 is 1.29 bits per heavy atom. The minimum Gasteiger partial charge on any atom is -0.465 e. The number of amides is 1. The molecule has 1 aromatic rings. The van der Waals surface area contributed by atoms with Crippen LogP contribution in [0, 0.1) is 0 Å². The summed E-state index contributed by atoms with van der Waals surface area (Å²) in [5, 5.41) is 10.7. The second-order valence-corrected chi connectivity index (χ2v) is 3.20. The predicted molar refractivity (Wildman–Crippen MR) is 55.7 cm³/mol. The van der Waals surface area contributed by atoms with Gasteiger partial charge in [-0.1, -0.05) is 24.3 Å². The molecule has 0 fully saturated rings. The molecule has 2 N–H and O–H groups in total. The normalized spacial score (nSPS) is 9.79. The molecule has 0 bridgehead atoms. The number of hydrogen-bond donors (Lipinski definition) is 2. The van der Waals surface area contributed by atoms with Crippen LogP contribution in [-0.2, 0) is 12.3 Å². The summed E-state index contributed by atoms with van der Waals surface area (Å²) >= 11 is 5.64. The third kappa shape index (κ3) is 3.66. The maximum Gasteiger partial charge on any atom is 0.404 e. The summed E-state index contributed by atoms with van der Waals surface area (Å²) in [7, 11) is 0. The molecule has 0 aliphatic heterocycles. The van der Waals surface area contributed by atoms with E-state index in [-0.39, 0.29) is 0 Å². The minimum atomic E-state index is -0.984. The fraction of sp³-hybridized carbons (Fsp3) is 0.300. The lowest BCUT2D eigenvalue weighted by atomic mass is 10.1. The van der Waals surface area contributed by atoms with Crippen LogP contribution >= 0.6 is 11.6 Å². The maximum atomic E-state index is 10.2. The molecule has 0 saturated carbocycles. The van der Waals surface area contributed by atoms with Gasteiger partial charge in [-0.15, -0.1) is 11.6 Å². The third-order valence-corrected chi connectivity index (χ3v) is 2.18. The van der Waals surface area contributed by atoms with Gasteiger partial charge in [-0.25, -0.2) is 4.79 Å². The van der Waals surface area contributed by atoms with Gasteiger partial charge in [0.2, 0.25) is 0 Å². The van der Waals surface area contributed by atoms with Crippen molar-refractivity contribution in [2.45, 2.75) is 12.3 Å². The molecule has 0 heterocycles. The van der Waals surface area contributed by atoms with Crippen molar-refractivity contribution in [1.29, 1.82) is 0 Å². The molecule has 76 valence electrons. The van der Waals surface area contributed by atoms with Crippen LogP contribution in [-0.4, -0.2) is 17.7 Å². The number of carboxylic acid groups (broad SMARTS) is 1. The van der Waals surface area contributed by atoms with Gasteiger partial charge < -0.3 is 10.4 Å². The van der Waals surface area contributed by atoms with Crippen molar-refractivity contribution >= 4 is 17.7 Å². The van der Waals surface area contributed by atoms with Crippen molar-refractivity contribution < 1.29 is 9.90 Å². The van der Waals surface area contributed by atoms with Crippen LogP contribution in [0.25, 0.3) is 0 Å². The van der Waals surface area contributed by atoms with Crippen LogP contribution in [0.15, 0.2) is 24.3 Å². The van der Waals surface area contributed by atoms with E-state index < -0.39 is 6.09 Å². The molecule has 0 atom stereocenters. The summed E-state index contributed by atoms with van der Waals surface area (Å²) < 4.78 is 0. The molecule has 1 aromatic carbocycles. The van der Waals surface area contributed by atoms with Gasteiger partial charge >= 0.3 is 6.09 Å². The topological polar surface area (TPSA) is 49.3 Å². The van der Waals surface area contributed by atoms with Crippen LogP contribution in [0.4, 0.5) is 4.79 Å². The SMILES string of the molecule is O=C(O)NCCc1ccc(CCl)cc1. The van der Waals surface area contributed by atoms with Gasteiger partial charge in [0.1, 0.15) is 0 Å².